The number of halogens is 1. The number of rotatable bonds is 0. The highest BCUT2D eigenvalue weighted by Crippen LogP contribution is 2.23. The normalized spacial score (nSPS) is 14.2. The molecule has 1 aliphatic rings. The number of fused-ring (bicyclic) bond motifs is 1. The maximum atomic E-state index is 11.5. The highest BCUT2D eigenvalue weighted by atomic mass is 79.9. The molecule has 0 aliphatic heterocycles. The molecule has 0 fully saturated rings. The summed E-state index contributed by atoms with van der Waals surface area (Å²) >= 11 is 0. The summed E-state index contributed by atoms with van der Waals surface area (Å²) in [5.41, 5.74) is 0.999. The van der Waals surface area contributed by atoms with Crippen LogP contribution in [0.3, 0.4) is 0 Å². The van der Waals surface area contributed by atoms with Crippen molar-refractivity contribution in [2.75, 3.05) is 0 Å². The molecule has 1 aliphatic carbocycles. The van der Waals surface area contributed by atoms with E-state index in [0.29, 0.717) is 16.4 Å². The number of Topliss-reactive ketones (excluding diaryl/α,β-unsaturated/α-hetero) is 1. The lowest BCUT2D eigenvalue weighted by Gasteiger charge is -2.10. The van der Waals surface area contributed by atoms with E-state index < -0.39 is 0 Å². The summed E-state index contributed by atoms with van der Waals surface area (Å²) in [5.74, 6) is -0.180. The van der Waals surface area contributed by atoms with Crippen molar-refractivity contribution in [3.63, 3.8) is 0 Å². The Balaban J connectivity index is 0.000000980. The third-order valence-electron chi connectivity index (χ3n) is 1.99. The third-order valence-corrected chi connectivity index (χ3v) is 2.41. The van der Waals surface area contributed by atoms with Gasteiger partial charge in [0.1, 0.15) is 0 Å². The molecule has 0 saturated heterocycles. The minimum absolute atomic E-state index is 0. The smallest absolute Gasteiger partial charge is 0.193 e. The molecule has 0 saturated carbocycles. The van der Waals surface area contributed by atoms with Crippen molar-refractivity contribution < 1.29 is 9.59 Å². The van der Waals surface area contributed by atoms with Gasteiger partial charge in [0.2, 0.25) is 0 Å². The lowest BCUT2D eigenvalue weighted by molar-refractivity contribution is 0.0991. The van der Waals surface area contributed by atoms with Crippen LogP contribution in [0.15, 0.2) is 35.7 Å². The Labute approximate surface area is 94.4 Å². The van der Waals surface area contributed by atoms with Crippen LogP contribution in [0.5, 0.6) is 0 Å². The molecule has 1 aromatic rings. The fraction of sp³-hybridized carbons (Fsp3) is 0. The molecule has 0 radical (unpaired) electrons. The summed E-state index contributed by atoms with van der Waals surface area (Å²) in [6, 6.07) is 6.86. The van der Waals surface area contributed by atoms with Crippen LogP contribution in [0.1, 0.15) is 20.7 Å². The lowest BCUT2D eigenvalue weighted by atomic mass is 9.95. The standard InChI is InChI=1S/C10H7O2P.BrH/c11-8-5-9(13)10(12)7-4-2-1-3-6(7)8;/h1-5H,13H2;1H. The number of carbonyl (C=O) groups excluding carboxylic acids is 2. The predicted molar refractivity (Wildman–Crippen MR) is 63.2 cm³/mol. The van der Waals surface area contributed by atoms with E-state index in [1.54, 1.807) is 24.3 Å². The molecule has 0 aromatic heterocycles. The van der Waals surface area contributed by atoms with Gasteiger partial charge in [-0.3, -0.25) is 9.59 Å². The largest absolute Gasteiger partial charge is 0.289 e. The van der Waals surface area contributed by atoms with E-state index in [2.05, 4.69) is 9.24 Å². The van der Waals surface area contributed by atoms with E-state index in [1.165, 1.54) is 6.08 Å². The van der Waals surface area contributed by atoms with Crippen LogP contribution in [0.25, 0.3) is 0 Å². The molecule has 1 unspecified atom stereocenters. The maximum absolute atomic E-state index is 11.5. The summed E-state index contributed by atoms with van der Waals surface area (Å²) in [4.78, 5) is 22.9. The average molecular weight is 271 g/mol. The van der Waals surface area contributed by atoms with E-state index in [9.17, 15) is 9.59 Å². The van der Waals surface area contributed by atoms with Gasteiger partial charge in [-0.25, -0.2) is 0 Å². The van der Waals surface area contributed by atoms with Crippen molar-refractivity contribution in [3.8, 4) is 0 Å². The first-order valence-electron chi connectivity index (χ1n) is 3.85. The second-order valence-electron chi connectivity index (χ2n) is 2.84. The van der Waals surface area contributed by atoms with Gasteiger partial charge in [-0.1, -0.05) is 24.3 Å². The molecule has 1 atom stereocenters. The summed E-state index contributed by atoms with van der Waals surface area (Å²) in [7, 11) is 2.28. The van der Waals surface area contributed by atoms with E-state index in [1.807, 2.05) is 0 Å². The van der Waals surface area contributed by atoms with E-state index in [4.69, 9.17) is 0 Å². The van der Waals surface area contributed by atoms with Gasteiger partial charge in [0.25, 0.3) is 0 Å². The Bertz CT molecular complexity index is 438. The topological polar surface area (TPSA) is 34.1 Å². The van der Waals surface area contributed by atoms with Crippen LogP contribution in [-0.4, -0.2) is 11.6 Å². The predicted octanol–water partition coefficient (Wildman–Crippen LogP) is 2.40. The molecule has 0 N–H and O–H groups in total. The molecular weight excluding hydrogens is 263 g/mol. The SMILES string of the molecule is Br.O=C1C=C(P)C(=O)c2ccccc21. The van der Waals surface area contributed by atoms with Gasteiger partial charge in [-0.2, -0.15) is 0 Å². The zero-order chi connectivity index (χ0) is 9.42. The highest BCUT2D eigenvalue weighted by molar-refractivity contribution is 8.93. The molecule has 72 valence electrons. The number of benzene rings is 1. The number of hydrogen-bond acceptors (Lipinski definition) is 2. The molecule has 14 heavy (non-hydrogen) atoms. The summed E-state index contributed by atoms with van der Waals surface area (Å²) < 4.78 is 0. The number of carbonyl (C=O) groups is 2. The summed E-state index contributed by atoms with van der Waals surface area (Å²) in [5, 5.41) is 0.434. The first kappa shape index (κ1) is 11.3. The van der Waals surface area contributed by atoms with Gasteiger partial charge >= 0.3 is 0 Å². The van der Waals surface area contributed by atoms with E-state index >= 15 is 0 Å². The Hall–Kier alpha value is -0.790. The van der Waals surface area contributed by atoms with Crippen molar-refractivity contribution >= 4 is 37.8 Å². The van der Waals surface area contributed by atoms with Gasteiger partial charge in [0.15, 0.2) is 11.6 Å². The van der Waals surface area contributed by atoms with Crippen LogP contribution < -0.4 is 0 Å². The molecule has 2 rings (SSSR count). The van der Waals surface area contributed by atoms with Gasteiger partial charge in [0, 0.05) is 16.4 Å². The van der Waals surface area contributed by atoms with E-state index in [0.717, 1.165) is 0 Å². The first-order chi connectivity index (χ1) is 6.20. The van der Waals surface area contributed by atoms with Crippen molar-refractivity contribution in [1.82, 2.24) is 0 Å². The number of ketones is 2. The maximum Gasteiger partial charge on any atom is 0.193 e. The third kappa shape index (κ3) is 1.70. The van der Waals surface area contributed by atoms with Crippen LogP contribution in [0, 0.1) is 0 Å². The Morgan fingerprint density at radius 2 is 1.57 bits per heavy atom. The average Bonchev–Trinajstić information content (AvgIpc) is 2.15. The van der Waals surface area contributed by atoms with Gasteiger partial charge in [0.05, 0.1) is 0 Å². The van der Waals surface area contributed by atoms with E-state index in [-0.39, 0.29) is 28.5 Å². The van der Waals surface area contributed by atoms with Crippen molar-refractivity contribution in [3.05, 3.63) is 46.8 Å². The molecular formula is C10H8BrO2P. The van der Waals surface area contributed by atoms with Crippen LogP contribution in [-0.2, 0) is 0 Å². The Kier molecular flexibility index (Phi) is 3.35. The second kappa shape index (κ2) is 4.16. The van der Waals surface area contributed by atoms with Crippen molar-refractivity contribution in [2.24, 2.45) is 0 Å². The zero-order valence-electron chi connectivity index (χ0n) is 7.19. The quantitative estimate of drug-likeness (QED) is 0.679. The molecule has 4 heteroatoms. The summed E-state index contributed by atoms with van der Waals surface area (Å²) in [6.07, 6.45) is 1.36. The monoisotopic (exact) mass is 270 g/mol. The van der Waals surface area contributed by atoms with Gasteiger partial charge < -0.3 is 0 Å². The summed E-state index contributed by atoms with van der Waals surface area (Å²) in [6.45, 7) is 0. The molecule has 0 amide bonds. The fourth-order valence-electron chi connectivity index (χ4n) is 1.34. The van der Waals surface area contributed by atoms with Gasteiger partial charge in [-0.15, -0.1) is 26.2 Å². The van der Waals surface area contributed by atoms with Crippen LogP contribution in [0.2, 0.25) is 0 Å². The number of allylic oxidation sites excluding steroid dienone is 2. The molecule has 0 bridgehead atoms. The minimum atomic E-state index is -0.0970. The Morgan fingerprint density at radius 1 is 1.00 bits per heavy atom. The fourth-order valence-corrected chi connectivity index (χ4v) is 1.64. The molecule has 0 spiro atoms. The first-order valence-corrected chi connectivity index (χ1v) is 4.43. The molecule has 0 heterocycles. The molecule has 2 nitrogen and oxygen atoms in total. The van der Waals surface area contributed by atoms with Crippen LogP contribution >= 0.6 is 26.2 Å². The van der Waals surface area contributed by atoms with Gasteiger partial charge in [-0.05, 0) is 6.08 Å². The zero-order valence-corrected chi connectivity index (χ0v) is 10.1. The lowest BCUT2D eigenvalue weighted by Crippen LogP contribution is -2.13. The second-order valence-corrected chi connectivity index (χ2v) is 3.46. The van der Waals surface area contributed by atoms with Crippen LogP contribution in [0.4, 0.5) is 0 Å². The highest BCUT2D eigenvalue weighted by Gasteiger charge is 2.21. The minimum Gasteiger partial charge on any atom is -0.289 e. The molecule has 1 aromatic carbocycles. The number of hydrogen-bond donors (Lipinski definition) is 0. The Morgan fingerprint density at radius 3 is 2.21 bits per heavy atom. The van der Waals surface area contributed by atoms with Crippen molar-refractivity contribution in [2.45, 2.75) is 0 Å². The van der Waals surface area contributed by atoms with Crippen molar-refractivity contribution in [1.29, 1.82) is 0 Å².